The fraction of sp³-hybridized carbons (Fsp3) is 0.345. The number of hydrogen-bond acceptors (Lipinski definition) is 7. The van der Waals surface area contributed by atoms with Crippen molar-refractivity contribution in [3.63, 3.8) is 0 Å². The predicted molar refractivity (Wildman–Crippen MR) is 145 cm³/mol. The van der Waals surface area contributed by atoms with Crippen molar-refractivity contribution in [1.29, 1.82) is 0 Å². The molecule has 2 aliphatic heterocycles. The van der Waals surface area contributed by atoms with Crippen LogP contribution in [0.15, 0.2) is 89.8 Å². The minimum absolute atomic E-state index is 0.0123. The first-order chi connectivity index (χ1) is 18.9. The van der Waals surface area contributed by atoms with Crippen LogP contribution in [0.5, 0.6) is 11.5 Å². The third-order valence-electron chi connectivity index (χ3n) is 6.81. The molecule has 3 aromatic carbocycles. The van der Waals surface area contributed by atoms with E-state index in [0.29, 0.717) is 30.0 Å². The van der Waals surface area contributed by atoms with E-state index in [0.717, 1.165) is 0 Å². The van der Waals surface area contributed by atoms with E-state index < -0.39 is 28.3 Å². The fourth-order valence-electron chi connectivity index (χ4n) is 4.95. The van der Waals surface area contributed by atoms with Crippen molar-refractivity contribution in [2.24, 2.45) is 0 Å². The molecular weight excluding hydrogens is 520 g/mol. The number of anilines is 1. The molecule has 206 valence electrons. The highest BCUT2D eigenvalue weighted by molar-refractivity contribution is 7.89. The number of ether oxygens (including phenoxy) is 3. The third kappa shape index (κ3) is 6.84. The topological polar surface area (TPSA) is 114 Å². The summed E-state index contributed by atoms with van der Waals surface area (Å²) in [4.78, 5) is 12.7. The zero-order valence-electron chi connectivity index (χ0n) is 21.4. The molecule has 5 rings (SSSR count). The lowest BCUT2D eigenvalue weighted by atomic mass is 9.96. The van der Waals surface area contributed by atoms with Crippen LogP contribution in [0.1, 0.15) is 19.3 Å². The molecule has 0 aliphatic carbocycles. The highest BCUT2D eigenvalue weighted by atomic mass is 32.2. The SMILES string of the molecule is O=C(C[C@@H]1CC[C@H]2[C@@H](COC[C@@H](O)CN2S(=O)(=O)c2ccc(Oc3ccccc3)cc2)O1)Nc1ccccc1. The van der Waals surface area contributed by atoms with Gasteiger partial charge in [0.25, 0.3) is 0 Å². The minimum atomic E-state index is -3.97. The van der Waals surface area contributed by atoms with Crippen LogP contribution in [-0.4, -0.2) is 67.8 Å². The van der Waals surface area contributed by atoms with Crippen LogP contribution < -0.4 is 10.1 Å². The molecule has 1 amide bonds. The first kappa shape index (κ1) is 27.3. The molecule has 0 spiro atoms. The second kappa shape index (κ2) is 12.3. The Labute approximate surface area is 228 Å². The first-order valence-corrected chi connectivity index (χ1v) is 14.4. The van der Waals surface area contributed by atoms with Crippen molar-refractivity contribution in [3.8, 4) is 11.5 Å². The van der Waals surface area contributed by atoms with Crippen molar-refractivity contribution < 1.29 is 32.5 Å². The number of aliphatic hydroxyl groups excluding tert-OH is 1. The maximum absolute atomic E-state index is 13.8. The number of carbonyl (C=O) groups is 1. The summed E-state index contributed by atoms with van der Waals surface area (Å²) in [6.45, 7) is -0.00962. The van der Waals surface area contributed by atoms with Crippen LogP contribution in [0.2, 0.25) is 0 Å². The molecular formula is C29H32N2O7S. The van der Waals surface area contributed by atoms with Crippen LogP contribution in [-0.2, 0) is 24.3 Å². The number of sulfonamides is 1. The number of nitrogens with one attached hydrogen (secondary N) is 1. The van der Waals surface area contributed by atoms with Gasteiger partial charge in [-0.25, -0.2) is 8.42 Å². The summed E-state index contributed by atoms with van der Waals surface area (Å²) in [5.41, 5.74) is 0.705. The standard InChI is InChI=1S/C29H32N2O7S/c32-22-18-31(39(34,35)26-14-11-24(12-15-26)37-23-9-5-2-6-10-23)27-16-13-25(38-28(27)20-36-19-22)17-29(33)30-21-7-3-1-4-8-21/h1-12,14-15,22,25,27-28,32H,13,16-20H2,(H,30,33)/t22-,25-,27-,28+/m0/s1. The number of para-hydroxylation sites is 2. The molecule has 2 aliphatic rings. The van der Waals surface area contributed by atoms with Gasteiger partial charge in [0.2, 0.25) is 15.9 Å². The zero-order chi connectivity index (χ0) is 27.2. The molecule has 2 fully saturated rings. The second-order valence-electron chi connectivity index (χ2n) is 9.71. The van der Waals surface area contributed by atoms with Gasteiger partial charge in [0, 0.05) is 12.2 Å². The van der Waals surface area contributed by atoms with E-state index in [4.69, 9.17) is 14.2 Å². The average molecular weight is 553 g/mol. The van der Waals surface area contributed by atoms with Crippen LogP contribution in [0, 0.1) is 0 Å². The van der Waals surface area contributed by atoms with E-state index in [-0.39, 0.29) is 43.1 Å². The summed E-state index contributed by atoms with van der Waals surface area (Å²) < 4.78 is 46.6. The fourth-order valence-corrected chi connectivity index (χ4v) is 6.67. The van der Waals surface area contributed by atoms with Gasteiger partial charge in [0.15, 0.2) is 0 Å². The number of amides is 1. The Balaban J connectivity index is 1.29. The summed E-state index contributed by atoms with van der Waals surface area (Å²) in [6, 6.07) is 24.1. The monoisotopic (exact) mass is 552 g/mol. The van der Waals surface area contributed by atoms with Crippen molar-refractivity contribution in [2.75, 3.05) is 25.1 Å². The summed E-state index contributed by atoms with van der Waals surface area (Å²) in [6.07, 6.45) is -0.807. The van der Waals surface area contributed by atoms with E-state index in [1.54, 1.807) is 12.1 Å². The van der Waals surface area contributed by atoms with E-state index in [9.17, 15) is 18.3 Å². The van der Waals surface area contributed by atoms with Gasteiger partial charge in [-0.1, -0.05) is 36.4 Å². The van der Waals surface area contributed by atoms with Gasteiger partial charge in [0.1, 0.15) is 11.5 Å². The van der Waals surface area contributed by atoms with Crippen molar-refractivity contribution in [1.82, 2.24) is 4.31 Å². The van der Waals surface area contributed by atoms with Crippen LogP contribution in [0.25, 0.3) is 0 Å². The average Bonchev–Trinajstić information content (AvgIpc) is 2.92. The van der Waals surface area contributed by atoms with Gasteiger partial charge in [-0.3, -0.25) is 4.79 Å². The number of nitrogens with zero attached hydrogens (tertiary/aromatic N) is 1. The number of fused-ring (bicyclic) bond motifs is 1. The van der Waals surface area contributed by atoms with E-state index in [2.05, 4.69) is 5.32 Å². The Bertz CT molecular complexity index is 1340. The van der Waals surface area contributed by atoms with Crippen LogP contribution in [0.4, 0.5) is 5.69 Å². The molecule has 2 heterocycles. The van der Waals surface area contributed by atoms with Crippen molar-refractivity contribution in [2.45, 2.75) is 48.5 Å². The molecule has 0 unspecified atom stereocenters. The summed E-state index contributed by atoms with van der Waals surface area (Å²) >= 11 is 0. The highest BCUT2D eigenvalue weighted by Gasteiger charge is 2.43. The third-order valence-corrected chi connectivity index (χ3v) is 8.72. The lowest BCUT2D eigenvalue weighted by Crippen LogP contribution is -2.57. The second-order valence-corrected chi connectivity index (χ2v) is 11.6. The van der Waals surface area contributed by atoms with Crippen LogP contribution >= 0.6 is 0 Å². The molecule has 0 saturated carbocycles. The summed E-state index contributed by atoms with van der Waals surface area (Å²) in [7, 11) is -3.97. The lowest BCUT2D eigenvalue weighted by Gasteiger charge is -2.43. The normalized spacial score (nSPS) is 24.1. The molecule has 2 saturated heterocycles. The largest absolute Gasteiger partial charge is 0.457 e. The smallest absolute Gasteiger partial charge is 0.243 e. The number of benzene rings is 3. The predicted octanol–water partition coefficient (Wildman–Crippen LogP) is 3.81. The van der Waals surface area contributed by atoms with Crippen LogP contribution in [0.3, 0.4) is 0 Å². The van der Waals surface area contributed by atoms with Gasteiger partial charge < -0.3 is 24.6 Å². The Kier molecular flexibility index (Phi) is 8.59. The zero-order valence-corrected chi connectivity index (χ0v) is 22.2. The summed E-state index contributed by atoms with van der Waals surface area (Å²) in [5.74, 6) is 0.986. The molecule has 3 aromatic rings. The molecule has 4 atom stereocenters. The Morgan fingerprint density at radius 1 is 0.923 bits per heavy atom. The quantitative estimate of drug-likeness (QED) is 0.458. The minimum Gasteiger partial charge on any atom is -0.457 e. The van der Waals surface area contributed by atoms with Gasteiger partial charge in [-0.05, 0) is 61.4 Å². The maximum Gasteiger partial charge on any atom is 0.243 e. The number of β-amino-alcohol motifs (C(OH)–C–C–N with tert-alkyl or cyclic N) is 1. The van der Waals surface area contributed by atoms with Crippen molar-refractivity contribution in [3.05, 3.63) is 84.9 Å². The van der Waals surface area contributed by atoms with Gasteiger partial charge in [-0.15, -0.1) is 0 Å². The number of carbonyl (C=O) groups excluding carboxylic acids is 1. The number of aliphatic hydroxyl groups is 1. The molecule has 10 heteroatoms. The first-order valence-electron chi connectivity index (χ1n) is 13.0. The summed E-state index contributed by atoms with van der Waals surface area (Å²) in [5, 5.41) is 13.3. The molecule has 0 aromatic heterocycles. The Morgan fingerprint density at radius 2 is 1.59 bits per heavy atom. The van der Waals surface area contributed by atoms with Gasteiger partial charge >= 0.3 is 0 Å². The Hall–Kier alpha value is -3.28. The van der Waals surface area contributed by atoms with E-state index >= 15 is 0 Å². The molecule has 2 N–H and O–H groups in total. The van der Waals surface area contributed by atoms with Crippen molar-refractivity contribution >= 4 is 21.6 Å². The highest BCUT2D eigenvalue weighted by Crippen LogP contribution is 2.32. The van der Waals surface area contributed by atoms with Gasteiger partial charge in [0.05, 0.1) is 48.9 Å². The number of hydrogen-bond donors (Lipinski definition) is 2. The maximum atomic E-state index is 13.8. The van der Waals surface area contributed by atoms with E-state index in [1.807, 2.05) is 60.7 Å². The lowest BCUT2D eigenvalue weighted by molar-refractivity contribution is -0.144. The van der Waals surface area contributed by atoms with Gasteiger partial charge in [-0.2, -0.15) is 4.31 Å². The molecule has 9 nitrogen and oxygen atoms in total. The molecule has 39 heavy (non-hydrogen) atoms. The molecule has 0 radical (unpaired) electrons. The Morgan fingerprint density at radius 3 is 2.31 bits per heavy atom. The van der Waals surface area contributed by atoms with E-state index in [1.165, 1.54) is 16.4 Å². The molecule has 0 bridgehead atoms. The number of rotatable bonds is 7.